The van der Waals surface area contributed by atoms with E-state index in [1.165, 1.54) is 16.8 Å². The Labute approximate surface area is 181 Å². The molecule has 8 heteroatoms. The van der Waals surface area contributed by atoms with E-state index in [1.54, 1.807) is 54.6 Å². The number of halogens is 1. The van der Waals surface area contributed by atoms with E-state index in [-0.39, 0.29) is 16.9 Å². The van der Waals surface area contributed by atoms with Gasteiger partial charge in [-0.25, -0.2) is 14.8 Å². The topological polar surface area (TPSA) is 76.3 Å². The first kappa shape index (κ1) is 20.5. The lowest BCUT2D eigenvalue weighted by atomic mass is 10.2. The van der Waals surface area contributed by atoms with E-state index in [0.717, 1.165) is 11.8 Å². The van der Waals surface area contributed by atoms with Gasteiger partial charge in [0, 0.05) is 5.56 Å². The van der Waals surface area contributed by atoms with E-state index in [1.807, 2.05) is 18.2 Å². The third-order valence-corrected chi connectivity index (χ3v) is 5.33. The number of thioether (sulfide) groups is 1. The van der Waals surface area contributed by atoms with Crippen LogP contribution in [0, 0.1) is 5.82 Å². The number of hydrogen-bond acceptors (Lipinski definition) is 5. The standard InChI is InChI=1S/C23H17FN4O2S/c24-19-12-6-4-8-16(19)14-25-27-21(29)15-31-23-26-20-13-7-5-11-18(20)22(30)28(23)17-9-2-1-3-10-17/h1-14H,15H2,(H,27,29)/b25-14+. The van der Waals surface area contributed by atoms with Crippen molar-refractivity contribution < 1.29 is 9.18 Å². The average Bonchev–Trinajstić information content (AvgIpc) is 2.80. The molecule has 31 heavy (non-hydrogen) atoms. The van der Waals surface area contributed by atoms with Crippen LogP contribution in [0.4, 0.5) is 4.39 Å². The van der Waals surface area contributed by atoms with Crippen molar-refractivity contribution in [3.05, 3.63) is 101 Å². The van der Waals surface area contributed by atoms with E-state index >= 15 is 0 Å². The van der Waals surface area contributed by atoms with E-state index in [4.69, 9.17) is 0 Å². The van der Waals surface area contributed by atoms with Gasteiger partial charge in [-0.3, -0.25) is 14.2 Å². The number of hydrogen-bond donors (Lipinski definition) is 1. The number of rotatable bonds is 6. The van der Waals surface area contributed by atoms with Crippen LogP contribution in [-0.4, -0.2) is 27.4 Å². The predicted molar refractivity (Wildman–Crippen MR) is 120 cm³/mol. The Morgan fingerprint density at radius 1 is 1.03 bits per heavy atom. The van der Waals surface area contributed by atoms with Crippen molar-refractivity contribution in [2.45, 2.75) is 5.16 Å². The maximum absolute atomic E-state index is 13.6. The smallest absolute Gasteiger partial charge is 0.266 e. The highest BCUT2D eigenvalue weighted by Crippen LogP contribution is 2.21. The molecule has 0 aliphatic rings. The highest BCUT2D eigenvalue weighted by molar-refractivity contribution is 7.99. The Kier molecular flexibility index (Phi) is 6.18. The normalized spacial score (nSPS) is 11.1. The Balaban J connectivity index is 1.56. The largest absolute Gasteiger partial charge is 0.272 e. The summed E-state index contributed by atoms with van der Waals surface area (Å²) in [5, 5.41) is 4.68. The molecule has 1 heterocycles. The minimum Gasteiger partial charge on any atom is -0.272 e. The van der Waals surface area contributed by atoms with Crippen LogP contribution in [0.2, 0.25) is 0 Å². The predicted octanol–water partition coefficient (Wildman–Crippen LogP) is 3.77. The Morgan fingerprint density at radius 3 is 2.55 bits per heavy atom. The van der Waals surface area contributed by atoms with Crippen molar-refractivity contribution in [3.8, 4) is 5.69 Å². The number of carbonyl (C=O) groups is 1. The SMILES string of the molecule is O=C(CSc1nc2ccccc2c(=O)n1-c1ccccc1)N/N=C/c1ccccc1F. The van der Waals surface area contributed by atoms with Crippen molar-refractivity contribution in [1.29, 1.82) is 0 Å². The van der Waals surface area contributed by atoms with Crippen LogP contribution in [0.1, 0.15) is 5.56 Å². The van der Waals surface area contributed by atoms with Gasteiger partial charge in [-0.15, -0.1) is 0 Å². The molecule has 0 unspecified atom stereocenters. The molecule has 4 aromatic rings. The molecule has 6 nitrogen and oxygen atoms in total. The van der Waals surface area contributed by atoms with E-state index < -0.39 is 11.7 Å². The quantitative estimate of drug-likeness (QED) is 0.218. The molecule has 0 aliphatic heterocycles. The summed E-state index contributed by atoms with van der Waals surface area (Å²) in [5.41, 5.74) is 3.64. The summed E-state index contributed by atoms with van der Waals surface area (Å²) < 4.78 is 15.1. The molecule has 0 saturated heterocycles. The maximum Gasteiger partial charge on any atom is 0.266 e. The molecule has 0 aliphatic carbocycles. The second-order valence-corrected chi connectivity index (χ2v) is 7.43. The van der Waals surface area contributed by atoms with Gasteiger partial charge in [-0.05, 0) is 30.3 Å². The van der Waals surface area contributed by atoms with Crippen LogP contribution < -0.4 is 11.0 Å². The van der Waals surface area contributed by atoms with Crippen molar-refractivity contribution in [2.24, 2.45) is 5.10 Å². The minimum atomic E-state index is -0.429. The van der Waals surface area contributed by atoms with Gasteiger partial charge in [0.05, 0.1) is 28.6 Å². The Bertz CT molecular complexity index is 1320. The Hall–Kier alpha value is -3.78. The summed E-state index contributed by atoms with van der Waals surface area (Å²) in [6, 6.07) is 22.3. The molecule has 0 radical (unpaired) electrons. The molecule has 0 atom stereocenters. The highest BCUT2D eigenvalue weighted by Gasteiger charge is 2.14. The van der Waals surface area contributed by atoms with Gasteiger partial charge >= 0.3 is 0 Å². The zero-order valence-electron chi connectivity index (χ0n) is 16.2. The molecule has 0 fully saturated rings. The lowest BCUT2D eigenvalue weighted by Gasteiger charge is -2.12. The average molecular weight is 432 g/mol. The van der Waals surface area contributed by atoms with Crippen molar-refractivity contribution in [1.82, 2.24) is 15.0 Å². The molecule has 1 amide bonds. The number of nitrogens with zero attached hydrogens (tertiary/aromatic N) is 3. The first-order chi connectivity index (χ1) is 15.1. The summed E-state index contributed by atoms with van der Waals surface area (Å²) in [5.74, 6) is -0.853. The van der Waals surface area contributed by atoms with Crippen molar-refractivity contribution in [3.63, 3.8) is 0 Å². The van der Waals surface area contributed by atoms with Gasteiger partial charge in [0.2, 0.25) is 0 Å². The molecule has 154 valence electrons. The molecule has 1 aromatic heterocycles. The summed E-state index contributed by atoms with van der Waals surface area (Å²) in [7, 11) is 0. The number of carbonyl (C=O) groups excluding carboxylic acids is 1. The van der Waals surface area contributed by atoms with Crippen molar-refractivity contribution >= 4 is 34.8 Å². The number of benzene rings is 3. The minimum absolute atomic E-state index is 0.0216. The first-order valence-electron chi connectivity index (χ1n) is 9.40. The molecular formula is C23H17FN4O2S. The van der Waals surface area contributed by atoms with Crippen LogP contribution in [0.5, 0.6) is 0 Å². The highest BCUT2D eigenvalue weighted by atomic mass is 32.2. The summed E-state index contributed by atoms with van der Waals surface area (Å²) in [6.07, 6.45) is 1.24. The van der Waals surface area contributed by atoms with Gasteiger partial charge in [-0.2, -0.15) is 5.10 Å². The van der Waals surface area contributed by atoms with E-state index in [0.29, 0.717) is 21.7 Å². The summed E-state index contributed by atoms with van der Waals surface area (Å²) >= 11 is 1.12. The molecular weight excluding hydrogens is 415 g/mol. The van der Waals surface area contributed by atoms with Crippen molar-refractivity contribution in [2.75, 3.05) is 5.75 Å². The Morgan fingerprint density at radius 2 is 1.74 bits per heavy atom. The molecule has 0 bridgehead atoms. The number of aromatic nitrogens is 2. The molecule has 1 N–H and O–H groups in total. The molecule has 0 spiro atoms. The fourth-order valence-electron chi connectivity index (χ4n) is 2.93. The van der Waals surface area contributed by atoms with Crippen LogP contribution in [-0.2, 0) is 4.79 Å². The number of para-hydroxylation sites is 2. The lowest BCUT2D eigenvalue weighted by molar-refractivity contribution is -0.118. The van der Waals surface area contributed by atoms with Gasteiger partial charge in [0.25, 0.3) is 11.5 Å². The lowest BCUT2D eigenvalue weighted by Crippen LogP contribution is -2.24. The van der Waals surface area contributed by atoms with Gasteiger partial charge in [0.1, 0.15) is 5.82 Å². The first-order valence-corrected chi connectivity index (χ1v) is 10.4. The zero-order chi connectivity index (χ0) is 21.6. The molecule has 3 aromatic carbocycles. The number of fused-ring (bicyclic) bond motifs is 1. The summed E-state index contributed by atoms with van der Waals surface area (Å²) in [4.78, 5) is 29.9. The van der Waals surface area contributed by atoms with E-state index in [9.17, 15) is 14.0 Å². The van der Waals surface area contributed by atoms with Gasteiger partial charge < -0.3 is 0 Å². The second kappa shape index (κ2) is 9.36. The molecule has 4 rings (SSSR count). The van der Waals surface area contributed by atoms with Crippen LogP contribution >= 0.6 is 11.8 Å². The fraction of sp³-hybridized carbons (Fsp3) is 0.0435. The van der Waals surface area contributed by atoms with Gasteiger partial charge in [-0.1, -0.05) is 60.3 Å². The van der Waals surface area contributed by atoms with Crippen LogP contribution in [0.15, 0.2) is 93.9 Å². The summed E-state index contributed by atoms with van der Waals surface area (Å²) in [6.45, 7) is 0. The van der Waals surface area contributed by atoms with E-state index in [2.05, 4.69) is 15.5 Å². The zero-order valence-corrected chi connectivity index (χ0v) is 17.1. The molecule has 0 saturated carbocycles. The van der Waals surface area contributed by atoms with Gasteiger partial charge in [0.15, 0.2) is 5.16 Å². The third kappa shape index (κ3) is 4.70. The van der Waals surface area contributed by atoms with Crippen LogP contribution in [0.3, 0.4) is 0 Å². The maximum atomic E-state index is 13.6. The number of nitrogens with one attached hydrogen (secondary N) is 1. The third-order valence-electron chi connectivity index (χ3n) is 4.39. The fourth-order valence-corrected chi connectivity index (χ4v) is 3.73. The second-order valence-electron chi connectivity index (χ2n) is 6.49. The monoisotopic (exact) mass is 432 g/mol. The van der Waals surface area contributed by atoms with Crippen LogP contribution in [0.25, 0.3) is 16.6 Å². The number of hydrazone groups is 1. The number of amides is 1.